The molecule has 0 aliphatic rings. The Morgan fingerprint density at radius 1 is 1.41 bits per heavy atom. The van der Waals surface area contributed by atoms with E-state index in [0.717, 1.165) is 22.3 Å². The van der Waals surface area contributed by atoms with E-state index in [0.29, 0.717) is 12.0 Å². The zero-order valence-electron chi connectivity index (χ0n) is 12.0. The summed E-state index contributed by atoms with van der Waals surface area (Å²) in [7, 11) is 1.66. The number of oxazole rings is 1. The highest BCUT2D eigenvalue weighted by atomic mass is 16.4. The highest BCUT2D eigenvalue weighted by molar-refractivity contribution is 5.79. The first-order valence-corrected chi connectivity index (χ1v) is 6.78. The summed E-state index contributed by atoms with van der Waals surface area (Å²) in [6.07, 6.45) is 2.18. The first-order valence-electron chi connectivity index (χ1n) is 6.78. The minimum absolute atomic E-state index is 0.388. The molecule has 1 atom stereocenters. The molecule has 22 heavy (non-hydrogen) atoms. The second-order valence-electron chi connectivity index (χ2n) is 5.10. The molecule has 0 saturated carbocycles. The molecule has 6 nitrogen and oxygen atoms in total. The smallest absolute Gasteiger partial charge is 0.408 e. The number of nitrogens with zero attached hydrogens (tertiary/aromatic N) is 3. The first kappa shape index (κ1) is 14.0. The zero-order chi connectivity index (χ0) is 15.7. The Morgan fingerprint density at radius 3 is 2.91 bits per heavy atom. The molecule has 2 aromatic heterocycles. The maximum Gasteiger partial charge on any atom is 0.419 e. The molecule has 0 spiro atoms. The van der Waals surface area contributed by atoms with Crippen LogP contribution in [-0.4, -0.2) is 15.6 Å². The van der Waals surface area contributed by atoms with Gasteiger partial charge >= 0.3 is 5.76 Å². The Bertz CT molecular complexity index is 916. The molecule has 0 fully saturated rings. The maximum atomic E-state index is 11.5. The van der Waals surface area contributed by atoms with Gasteiger partial charge in [0.1, 0.15) is 0 Å². The van der Waals surface area contributed by atoms with Crippen molar-refractivity contribution in [1.82, 2.24) is 9.55 Å². The third-order valence-corrected chi connectivity index (χ3v) is 3.53. The Labute approximate surface area is 126 Å². The number of aryl methyl sites for hydroxylation is 1. The fourth-order valence-corrected chi connectivity index (χ4v) is 2.30. The quantitative estimate of drug-likeness (QED) is 0.791. The van der Waals surface area contributed by atoms with Gasteiger partial charge in [-0.2, -0.15) is 5.26 Å². The summed E-state index contributed by atoms with van der Waals surface area (Å²) in [4.78, 5) is 15.9. The van der Waals surface area contributed by atoms with E-state index >= 15 is 0 Å². The third-order valence-electron chi connectivity index (χ3n) is 3.53. The van der Waals surface area contributed by atoms with Crippen LogP contribution in [0, 0.1) is 11.3 Å². The van der Waals surface area contributed by atoms with Crippen molar-refractivity contribution in [3.63, 3.8) is 0 Å². The lowest BCUT2D eigenvalue weighted by molar-refractivity contribution is 0.528. The maximum absolute atomic E-state index is 11.5. The molecule has 0 aliphatic carbocycles. The van der Waals surface area contributed by atoms with Gasteiger partial charge in [-0.3, -0.25) is 9.55 Å². The Morgan fingerprint density at radius 2 is 2.23 bits per heavy atom. The number of nitrogens with two attached hydrogens (primary N) is 1. The van der Waals surface area contributed by atoms with Gasteiger partial charge in [0.05, 0.1) is 23.3 Å². The van der Waals surface area contributed by atoms with Crippen molar-refractivity contribution in [3.05, 3.63) is 52.6 Å². The van der Waals surface area contributed by atoms with E-state index in [-0.39, 0.29) is 5.76 Å². The summed E-state index contributed by atoms with van der Waals surface area (Å²) in [5, 5.41) is 8.73. The third kappa shape index (κ3) is 2.50. The van der Waals surface area contributed by atoms with Crippen LogP contribution in [0.3, 0.4) is 0 Å². The van der Waals surface area contributed by atoms with Crippen molar-refractivity contribution in [2.45, 2.75) is 12.5 Å². The predicted molar refractivity (Wildman–Crippen MR) is 82.0 cm³/mol. The number of benzene rings is 1. The van der Waals surface area contributed by atoms with Crippen molar-refractivity contribution >= 4 is 11.1 Å². The Hall–Kier alpha value is -2.91. The topological polar surface area (TPSA) is 97.8 Å². The summed E-state index contributed by atoms with van der Waals surface area (Å²) >= 11 is 0. The monoisotopic (exact) mass is 294 g/mol. The van der Waals surface area contributed by atoms with E-state index in [1.165, 1.54) is 4.57 Å². The fourth-order valence-electron chi connectivity index (χ4n) is 2.30. The lowest BCUT2D eigenvalue weighted by Gasteiger charge is -2.05. The summed E-state index contributed by atoms with van der Waals surface area (Å²) < 4.78 is 6.56. The van der Waals surface area contributed by atoms with E-state index in [4.69, 9.17) is 15.4 Å². The van der Waals surface area contributed by atoms with Gasteiger partial charge in [-0.15, -0.1) is 0 Å². The molecule has 3 aromatic rings. The molecule has 1 unspecified atom stereocenters. The molecular weight excluding hydrogens is 280 g/mol. The lowest BCUT2D eigenvalue weighted by Crippen LogP contribution is -2.20. The molecule has 0 radical (unpaired) electrons. The van der Waals surface area contributed by atoms with Crippen LogP contribution in [0.1, 0.15) is 5.56 Å². The van der Waals surface area contributed by atoms with Crippen LogP contribution in [0.25, 0.3) is 22.4 Å². The van der Waals surface area contributed by atoms with Gasteiger partial charge in [-0.1, -0.05) is 6.07 Å². The van der Waals surface area contributed by atoms with Gasteiger partial charge in [0.2, 0.25) is 0 Å². The van der Waals surface area contributed by atoms with Gasteiger partial charge in [0, 0.05) is 25.2 Å². The second kappa shape index (κ2) is 5.47. The Kier molecular flexibility index (Phi) is 3.49. The molecule has 0 amide bonds. The molecular formula is C16H14N4O2. The number of hydrogen-bond donors (Lipinski definition) is 1. The van der Waals surface area contributed by atoms with Crippen LogP contribution in [0.2, 0.25) is 0 Å². The largest absolute Gasteiger partial charge is 0.419 e. The van der Waals surface area contributed by atoms with Crippen LogP contribution in [0.15, 0.2) is 45.7 Å². The van der Waals surface area contributed by atoms with Crippen molar-refractivity contribution < 1.29 is 4.42 Å². The van der Waals surface area contributed by atoms with Crippen molar-refractivity contribution in [2.75, 3.05) is 0 Å². The molecule has 2 heterocycles. The molecule has 0 saturated heterocycles. The van der Waals surface area contributed by atoms with E-state index < -0.39 is 6.04 Å². The standard InChI is InChI=1S/C16H14N4O2/c1-20-14-7-11(3-5-15(14)22-16(20)21)13-4-2-10(9-19-13)6-12(18)8-17/h2-5,7,9,12H,6,18H2,1H3. The van der Waals surface area contributed by atoms with Crippen LogP contribution in [0.4, 0.5) is 0 Å². The van der Waals surface area contributed by atoms with Crippen molar-refractivity contribution in [2.24, 2.45) is 12.8 Å². The van der Waals surface area contributed by atoms with Crippen molar-refractivity contribution in [1.29, 1.82) is 5.26 Å². The number of rotatable bonds is 3. The van der Waals surface area contributed by atoms with Crippen LogP contribution in [-0.2, 0) is 13.5 Å². The summed E-state index contributed by atoms with van der Waals surface area (Å²) in [5.41, 5.74) is 9.46. The SMILES string of the molecule is Cn1c(=O)oc2ccc(-c3ccc(CC(N)C#N)cn3)cc21. The lowest BCUT2D eigenvalue weighted by atomic mass is 10.1. The number of fused-ring (bicyclic) bond motifs is 1. The number of nitriles is 1. The van der Waals surface area contributed by atoms with Crippen LogP contribution >= 0.6 is 0 Å². The van der Waals surface area contributed by atoms with Crippen molar-refractivity contribution in [3.8, 4) is 17.3 Å². The molecule has 0 aliphatic heterocycles. The summed E-state index contributed by atoms with van der Waals surface area (Å²) in [6.45, 7) is 0. The van der Waals surface area contributed by atoms with Gasteiger partial charge < -0.3 is 10.2 Å². The van der Waals surface area contributed by atoms with Gasteiger partial charge in [0.15, 0.2) is 5.58 Å². The average molecular weight is 294 g/mol. The number of pyridine rings is 1. The number of hydrogen-bond acceptors (Lipinski definition) is 5. The van der Waals surface area contributed by atoms with Crippen LogP contribution in [0.5, 0.6) is 0 Å². The predicted octanol–water partition coefficient (Wildman–Crippen LogP) is 1.59. The molecule has 110 valence electrons. The molecule has 2 N–H and O–H groups in total. The van der Waals surface area contributed by atoms with Gasteiger partial charge in [0.25, 0.3) is 0 Å². The summed E-state index contributed by atoms with van der Waals surface area (Å²) in [6, 6.07) is 10.7. The van der Waals surface area contributed by atoms with Gasteiger partial charge in [-0.05, 0) is 29.8 Å². The second-order valence-corrected chi connectivity index (χ2v) is 5.10. The summed E-state index contributed by atoms with van der Waals surface area (Å²) in [5.74, 6) is -0.388. The number of aromatic nitrogens is 2. The van der Waals surface area contributed by atoms with E-state index in [1.807, 2.05) is 30.3 Å². The molecule has 6 heteroatoms. The minimum atomic E-state index is -0.524. The zero-order valence-corrected chi connectivity index (χ0v) is 12.0. The fraction of sp³-hybridized carbons (Fsp3) is 0.188. The average Bonchev–Trinajstić information content (AvgIpc) is 2.82. The normalized spacial score (nSPS) is 12.2. The van der Waals surface area contributed by atoms with E-state index in [2.05, 4.69) is 4.98 Å². The van der Waals surface area contributed by atoms with Crippen LogP contribution < -0.4 is 11.5 Å². The molecule has 1 aromatic carbocycles. The first-order chi connectivity index (χ1) is 10.6. The highest BCUT2D eigenvalue weighted by Gasteiger charge is 2.09. The minimum Gasteiger partial charge on any atom is -0.408 e. The van der Waals surface area contributed by atoms with Gasteiger partial charge in [-0.25, -0.2) is 4.79 Å². The van der Waals surface area contributed by atoms with E-state index in [9.17, 15) is 4.79 Å². The van der Waals surface area contributed by atoms with E-state index in [1.54, 1.807) is 19.3 Å². The molecule has 3 rings (SSSR count). The highest BCUT2D eigenvalue weighted by Crippen LogP contribution is 2.22. The molecule has 0 bridgehead atoms. The Balaban J connectivity index is 1.95.